The van der Waals surface area contributed by atoms with Gasteiger partial charge in [-0.1, -0.05) is 224 Å². The minimum Gasteiger partial charge on any atom is -0.383 e. The second-order valence-electron chi connectivity index (χ2n) is 34.3. The van der Waals surface area contributed by atoms with Crippen LogP contribution in [0.2, 0.25) is 0 Å². The quantitative estimate of drug-likeness (QED) is 0.0236. The van der Waals surface area contributed by atoms with E-state index in [2.05, 4.69) is 336 Å². The van der Waals surface area contributed by atoms with Gasteiger partial charge in [-0.2, -0.15) is 26.0 Å². The average molecular weight is 1600 g/mol. The molecule has 16 rings (SSSR count). The normalized spacial score (nSPS) is 18.6. The van der Waals surface area contributed by atoms with E-state index in [1.165, 1.54) is 98.8 Å². The van der Waals surface area contributed by atoms with Crippen LogP contribution in [0.15, 0.2) is 265 Å². The van der Waals surface area contributed by atoms with Crippen molar-refractivity contribution in [1.82, 2.24) is 5.32 Å². The number of allylic oxidation sites excluding steroid dienone is 14. The second-order valence-corrected chi connectivity index (χ2v) is 38.6. The maximum Gasteiger partial charge on any atom is 0.264 e. The summed E-state index contributed by atoms with van der Waals surface area (Å²) in [6.45, 7) is 27.0. The zero-order valence-corrected chi connectivity index (χ0v) is 71.3. The highest BCUT2D eigenvalue weighted by atomic mass is 32.2. The Hall–Kier alpha value is -9.93. The van der Waals surface area contributed by atoms with Crippen LogP contribution >= 0.6 is 11.8 Å². The Labute approximate surface area is 691 Å². The van der Waals surface area contributed by atoms with Gasteiger partial charge in [0.15, 0.2) is 11.4 Å². The monoisotopic (exact) mass is 1600 g/mol. The van der Waals surface area contributed by atoms with E-state index in [9.17, 15) is 25.9 Å². The van der Waals surface area contributed by atoms with Crippen molar-refractivity contribution in [3.63, 3.8) is 0 Å². The van der Waals surface area contributed by atoms with E-state index in [4.69, 9.17) is 0 Å². The van der Waals surface area contributed by atoms with Gasteiger partial charge in [0.2, 0.25) is 11.4 Å². The summed E-state index contributed by atoms with van der Waals surface area (Å²) in [6.07, 6.45) is 27.5. The summed E-state index contributed by atoms with van der Waals surface area (Å²) in [6, 6.07) is 70.9. The van der Waals surface area contributed by atoms with Crippen LogP contribution in [0, 0.1) is 0 Å². The third-order valence-corrected chi connectivity index (χ3v) is 28.1. The van der Waals surface area contributed by atoms with E-state index in [0.717, 1.165) is 119 Å². The molecule has 10 aromatic rings. The highest BCUT2D eigenvalue weighted by Gasteiger charge is 2.49. The molecule has 0 bridgehead atoms. The van der Waals surface area contributed by atoms with Gasteiger partial charge in [-0.15, -0.1) is 11.8 Å². The summed E-state index contributed by atoms with van der Waals surface area (Å²) in [5.74, 6) is 0.0999. The number of fused-ring (bicyclic) bond motifs is 14. The maximum atomic E-state index is 12.2. The van der Waals surface area contributed by atoms with Gasteiger partial charge in [-0.05, 0) is 202 Å². The Morgan fingerprint density at radius 2 is 0.776 bits per heavy atom. The Balaban J connectivity index is 0.845. The molecule has 3 N–H and O–H groups in total. The highest BCUT2D eigenvalue weighted by Crippen LogP contribution is 2.56. The predicted octanol–water partition coefficient (Wildman–Crippen LogP) is 23.9. The van der Waals surface area contributed by atoms with Crippen molar-refractivity contribution in [3.05, 3.63) is 309 Å². The zero-order valence-electron chi connectivity index (χ0n) is 68.9. The van der Waals surface area contributed by atoms with Gasteiger partial charge < -0.3 is 15.1 Å². The van der Waals surface area contributed by atoms with Gasteiger partial charge >= 0.3 is 0 Å². The molecule has 0 atom stereocenters. The number of benzene rings is 10. The summed E-state index contributed by atoms with van der Waals surface area (Å²) < 4.78 is 73.9. The van der Waals surface area contributed by atoms with E-state index >= 15 is 0 Å². The van der Waals surface area contributed by atoms with Crippen molar-refractivity contribution < 1.29 is 35.1 Å². The Morgan fingerprint density at radius 3 is 1.22 bits per heavy atom. The molecule has 0 spiro atoms. The first-order valence-corrected chi connectivity index (χ1v) is 46.1. The van der Waals surface area contributed by atoms with E-state index in [1.54, 1.807) is 0 Å². The average Bonchev–Trinajstić information content (AvgIpc) is 1.58. The van der Waals surface area contributed by atoms with Crippen LogP contribution in [0.3, 0.4) is 0 Å². The molecule has 4 heterocycles. The molecule has 4 aliphatic heterocycles. The van der Waals surface area contributed by atoms with Crippen molar-refractivity contribution in [2.24, 2.45) is 0 Å². The van der Waals surface area contributed by atoms with Gasteiger partial charge in [0.05, 0.1) is 22.3 Å². The molecule has 0 saturated carbocycles. The molecule has 2 aliphatic carbocycles. The van der Waals surface area contributed by atoms with Crippen LogP contribution in [0.25, 0.3) is 65.4 Å². The minimum absolute atomic E-state index is 0.294. The summed E-state index contributed by atoms with van der Waals surface area (Å²) in [5.41, 5.74) is 23.3. The fourth-order valence-electron chi connectivity index (χ4n) is 20.0. The van der Waals surface area contributed by atoms with E-state index in [1.807, 2.05) is 11.8 Å². The fraction of sp³-hybridized carbons (Fsp3) is 0.314. The van der Waals surface area contributed by atoms with Crippen molar-refractivity contribution in [2.45, 2.75) is 155 Å². The third kappa shape index (κ3) is 14.8. The van der Waals surface area contributed by atoms with Crippen LogP contribution < -0.4 is 15.1 Å². The van der Waals surface area contributed by atoms with Gasteiger partial charge in [0, 0.05) is 129 Å². The van der Waals surface area contributed by atoms with Crippen molar-refractivity contribution in [2.75, 3.05) is 59.8 Å². The lowest BCUT2D eigenvalue weighted by Gasteiger charge is -2.27. The molecule has 0 amide bonds. The molecule has 0 unspecified atom stereocenters. The maximum absolute atomic E-state index is 12.2. The largest absolute Gasteiger partial charge is 0.383 e. The number of hydrogen-bond donors (Lipinski definition) is 3. The predicted molar refractivity (Wildman–Crippen MR) is 490 cm³/mol. The zero-order chi connectivity index (χ0) is 81.1. The number of hydrogen-bond acceptors (Lipinski definition) is 8. The summed E-state index contributed by atoms with van der Waals surface area (Å²) >= 11 is 1.89. The first kappa shape index (κ1) is 79.9. The molecular formula is C102H109N5O6S3+2. The fourth-order valence-corrected chi connectivity index (χ4v) is 22.2. The van der Waals surface area contributed by atoms with E-state index < -0.39 is 31.1 Å². The van der Waals surface area contributed by atoms with Gasteiger partial charge in [-0.25, -0.2) is 0 Å². The number of thioether (sulfide) groups is 1. The van der Waals surface area contributed by atoms with Crippen LogP contribution in [0.4, 0.5) is 22.7 Å². The molecular weight excluding hydrogens is 1490 g/mol. The lowest BCUT2D eigenvalue weighted by Crippen LogP contribution is -2.28. The minimum atomic E-state index is -4.15. The molecule has 0 aromatic heterocycles. The molecule has 0 saturated heterocycles. The lowest BCUT2D eigenvalue weighted by atomic mass is 9.79. The Morgan fingerprint density at radius 1 is 0.397 bits per heavy atom. The smallest absolute Gasteiger partial charge is 0.264 e. The lowest BCUT2D eigenvalue weighted by molar-refractivity contribution is -0.438. The standard InChI is InChI=1S/C102H107N5O6S3/c1-11-13-27-62-104-85-53-45-69-33-15-19-37-73(69)93(85)99(3,4)89(104)57-49-81-77-41-23-24-42-78(77)82(50-58-90-100(5,6)95-75-39-21-17-35-71(75)47-55-87(95)106(90)64-29-31-67-115(108,109)110)97(81)103-61-66-114-98-83(51-59-91-101(7,8)94-74-38-20-16-34-70(74)46-54-86(94)105(91)63-28-14-12-2)79-43-25-26-44-80(79)84(98)52-60-92-102(9,10)96-76-40-22-18-36-72(76)48-56-88(96)107(92)65-30-32-68-116(111,112)113/h15-26,33-60H,11-14,27-32,61-68H2,1-10H3,(H-,108,109,110,111,112,113)/p+2/b82-50+,90-58+. The van der Waals surface area contributed by atoms with Crippen LogP contribution in [0.1, 0.15) is 178 Å². The van der Waals surface area contributed by atoms with E-state index in [-0.39, 0.29) is 22.3 Å². The molecule has 116 heavy (non-hydrogen) atoms. The highest BCUT2D eigenvalue weighted by molar-refractivity contribution is 8.03. The van der Waals surface area contributed by atoms with Crippen LogP contribution in [0.5, 0.6) is 0 Å². The Bertz CT molecular complexity index is 5840. The molecule has 10 aromatic carbocycles. The molecule has 6 aliphatic rings. The Kier molecular flexibility index (Phi) is 22.2. The van der Waals surface area contributed by atoms with Crippen molar-refractivity contribution in [1.29, 1.82) is 0 Å². The summed E-state index contributed by atoms with van der Waals surface area (Å²) in [7, 11) is -8.30. The number of rotatable bonds is 29. The number of nitrogens with one attached hydrogen (secondary N) is 1. The summed E-state index contributed by atoms with van der Waals surface area (Å²) in [5, 5.41) is 14.0. The van der Waals surface area contributed by atoms with Gasteiger partial charge in [0.25, 0.3) is 20.2 Å². The number of nitrogens with zero attached hydrogens (tertiary/aromatic N) is 4. The molecule has 11 nitrogen and oxygen atoms in total. The van der Waals surface area contributed by atoms with Crippen LogP contribution in [-0.2, 0) is 41.9 Å². The van der Waals surface area contributed by atoms with Crippen molar-refractivity contribution >= 4 is 132 Å². The number of anilines is 2. The van der Waals surface area contributed by atoms with Gasteiger partial charge in [0.1, 0.15) is 13.1 Å². The topological polar surface area (TPSA) is 133 Å². The van der Waals surface area contributed by atoms with Crippen LogP contribution in [-0.4, -0.2) is 96.5 Å². The van der Waals surface area contributed by atoms with Gasteiger partial charge in [-0.3, -0.25) is 9.11 Å². The third-order valence-electron chi connectivity index (χ3n) is 25.4. The SMILES string of the molecule is CCCCC[N+]1=C(/C=C/C2=C(NCCSC3=C(/C=C/C4=[N+](CCCCC)c5ccc6ccccc6c5C4(C)C)c4ccccc4/C3=C\C=C3\N(CCCCS(=O)(=O)O)c4ccc5ccccc5c4C3(C)C)C(=C/C=C3/N(CCCCS(=O)(=O)O)c4ccc5ccccc5c4C3(C)C)/c3ccccc32)C(C)(C)c2c1ccc1ccccc21. The first-order chi connectivity index (χ1) is 55.8. The molecule has 0 fully saturated rings. The molecule has 14 heteroatoms. The first-order valence-electron chi connectivity index (χ1n) is 41.9. The summed E-state index contributed by atoms with van der Waals surface area (Å²) in [4.78, 5) is 5.97. The van der Waals surface area contributed by atoms with E-state index in [0.29, 0.717) is 51.1 Å². The molecule has 0 radical (unpaired) electrons. The number of unbranched alkanes of at least 4 members (excludes halogenated alkanes) is 6. The second kappa shape index (κ2) is 32.2. The van der Waals surface area contributed by atoms with Crippen molar-refractivity contribution in [3.8, 4) is 0 Å². The molecule has 594 valence electrons.